The Hall–Kier alpha value is -0.380. The fourth-order valence-electron chi connectivity index (χ4n) is 4.08. The van der Waals surface area contributed by atoms with Gasteiger partial charge in [0.1, 0.15) is 0 Å². The fraction of sp³-hybridized carbons (Fsp3) is 0.667. The molecule has 2 nitrogen and oxygen atoms in total. The summed E-state index contributed by atoms with van der Waals surface area (Å²) >= 11 is 3.54. The van der Waals surface area contributed by atoms with E-state index in [-0.39, 0.29) is 11.6 Å². The summed E-state index contributed by atoms with van der Waals surface area (Å²) in [5, 5.41) is 0. The first kappa shape index (κ1) is 15.5. The summed E-state index contributed by atoms with van der Waals surface area (Å²) in [6.45, 7) is 0.900. The zero-order valence-electron chi connectivity index (χ0n) is 12.7. The van der Waals surface area contributed by atoms with Crippen LogP contribution in [0.4, 0.5) is 0 Å². The van der Waals surface area contributed by atoms with Crippen LogP contribution in [0.1, 0.15) is 50.5 Å². The number of benzene rings is 1. The third-order valence-corrected chi connectivity index (χ3v) is 5.76. The second-order valence-corrected chi connectivity index (χ2v) is 7.76. The summed E-state index contributed by atoms with van der Waals surface area (Å²) in [6.07, 6.45) is 9.78. The third kappa shape index (κ3) is 3.88. The Morgan fingerprint density at radius 2 is 2.10 bits per heavy atom. The van der Waals surface area contributed by atoms with Crippen molar-refractivity contribution in [3.8, 4) is 0 Å². The summed E-state index contributed by atoms with van der Waals surface area (Å²) < 4.78 is 7.33. The Morgan fingerprint density at radius 3 is 2.86 bits per heavy atom. The molecule has 0 amide bonds. The highest BCUT2D eigenvalue weighted by atomic mass is 79.9. The Morgan fingerprint density at radius 1 is 1.29 bits per heavy atom. The fourth-order valence-corrected chi connectivity index (χ4v) is 4.53. The van der Waals surface area contributed by atoms with Gasteiger partial charge in [-0.2, -0.15) is 0 Å². The van der Waals surface area contributed by atoms with Gasteiger partial charge in [-0.1, -0.05) is 47.3 Å². The molecule has 1 aromatic carbocycles. The van der Waals surface area contributed by atoms with Crippen LogP contribution >= 0.6 is 15.9 Å². The van der Waals surface area contributed by atoms with Gasteiger partial charge in [0.25, 0.3) is 0 Å². The minimum Gasteiger partial charge on any atom is -0.375 e. The molecule has 2 fully saturated rings. The molecule has 116 valence electrons. The Bertz CT molecular complexity index is 465. The number of rotatable bonds is 3. The van der Waals surface area contributed by atoms with Gasteiger partial charge in [0.2, 0.25) is 0 Å². The van der Waals surface area contributed by atoms with Crippen LogP contribution in [0.15, 0.2) is 28.7 Å². The van der Waals surface area contributed by atoms with Gasteiger partial charge in [0, 0.05) is 17.1 Å². The molecule has 1 heterocycles. The summed E-state index contributed by atoms with van der Waals surface area (Å²) in [6, 6.07) is 8.79. The van der Waals surface area contributed by atoms with Crippen LogP contribution in [0, 0.1) is 5.92 Å². The van der Waals surface area contributed by atoms with Crippen LogP contribution in [-0.4, -0.2) is 18.2 Å². The first-order chi connectivity index (χ1) is 10.2. The van der Waals surface area contributed by atoms with E-state index in [1.165, 1.54) is 44.1 Å². The average molecular weight is 352 g/mol. The van der Waals surface area contributed by atoms with E-state index in [4.69, 9.17) is 10.5 Å². The number of hydrogen-bond donors (Lipinski definition) is 1. The summed E-state index contributed by atoms with van der Waals surface area (Å²) in [4.78, 5) is 0. The van der Waals surface area contributed by atoms with Crippen LogP contribution < -0.4 is 5.73 Å². The number of ether oxygens (including phenoxy) is 1. The SMILES string of the molecule is NC(Cc1cccc(Br)c1)C1CCOC2(CCCCC2)C1. The molecule has 2 aliphatic rings. The number of nitrogens with two attached hydrogens (primary N) is 1. The van der Waals surface area contributed by atoms with Crippen molar-refractivity contribution in [2.24, 2.45) is 11.7 Å². The van der Waals surface area contributed by atoms with Gasteiger partial charge in [0.05, 0.1) is 5.60 Å². The van der Waals surface area contributed by atoms with E-state index < -0.39 is 0 Å². The van der Waals surface area contributed by atoms with Crippen LogP contribution in [0.25, 0.3) is 0 Å². The summed E-state index contributed by atoms with van der Waals surface area (Å²) in [5.74, 6) is 0.607. The van der Waals surface area contributed by atoms with Crippen molar-refractivity contribution in [3.63, 3.8) is 0 Å². The van der Waals surface area contributed by atoms with Gasteiger partial charge in [-0.05, 0) is 55.7 Å². The second kappa shape index (κ2) is 6.80. The van der Waals surface area contributed by atoms with Gasteiger partial charge in [-0.3, -0.25) is 0 Å². The Labute approximate surface area is 136 Å². The maximum atomic E-state index is 6.55. The Kier molecular flexibility index (Phi) is 5.03. The quantitative estimate of drug-likeness (QED) is 0.872. The molecule has 0 aromatic heterocycles. The molecular weight excluding hydrogens is 326 g/mol. The highest BCUT2D eigenvalue weighted by Gasteiger charge is 2.39. The van der Waals surface area contributed by atoms with Crippen molar-refractivity contribution in [2.75, 3.05) is 6.61 Å². The van der Waals surface area contributed by atoms with Crippen LogP contribution in [0.5, 0.6) is 0 Å². The van der Waals surface area contributed by atoms with Crippen molar-refractivity contribution in [1.82, 2.24) is 0 Å². The summed E-state index contributed by atoms with van der Waals surface area (Å²) in [7, 11) is 0. The third-order valence-electron chi connectivity index (χ3n) is 5.26. The topological polar surface area (TPSA) is 35.2 Å². The molecule has 2 unspecified atom stereocenters. The van der Waals surface area contributed by atoms with Gasteiger partial charge in [-0.15, -0.1) is 0 Å². The van der Waals surface area contributed by atoms with E-state index in [1.54, 1.807) is 0 Å². The smallest absolute Gasteiger partial charge is 0.0685 e. The average Bonchev–Trinajstić information content (AvgIpc) is 2.48. The predicted octanol–water partition coefficient (Wildman–Crippen LogP) is 4.45. The molecule has 0 radical (unpaired) electrons. The zero-order chi connectivity index (χ0) is 14.7. The number of hydrogen-bond acceptors (Lipinski definition) is 2. The molecule has 1 spiro atoms. The van der Waals surface area contributed by atoms with Crippen molar-refractivity contribution < 1.29 is 4.74 Å². The zero-order valence-corrected chi connectivity index (χ0v) is 14.3. The predicted molar refractivity (Wildman–Crippen MR) is 90.3 cm³/mol. The molecule has 1 aromatic rings. The van der Waals surface area contributed by atoms with E-state index in [0.29, 0.717) is 5.92 Å². The van der Waals surface area contributed by atoms with E-state index >= 15 is 0 Å². The lowest BCUT2D eigenvalue weighted by Gasteiger charge is -2.45. The summed E-state index contributed by atoms with van der Waals surface area (Å²) in [5.41, 5.74) is 8.05. The standard InChI is InChI=1S/C18H26BrNO/c19-16-6-4-5-14(11-16)12-17(20)15-7-10-21-18(13-15)8-2-1-3-9-18/h4-6,11,15,17H,1-3,7-10,12-13,20H2. The van der Waals surface area contributed by atoms with Gasteiger partial charge >= 0.3 is 0 Å². The molecular formula is C18H26BrNO. The largest absolute Gasteiger partial charge is 0.375 e. The van der Waals surface area contributed by atoms with E-state index in [9.17, 15) is 0 Å². The van der Waals surface area contributed by atoms with Crippen LogP contribution in [-0.2, 0) is 11.2 Å². The molecule has 3 heteroatoms. The Balaban J connectivity index is 1.62. The highest BCUT2D eigenvalue weighted by Crippen LogP contribution is 2.41. The molecule has 2 atom stereocenters. The van der Waals surface area contributed by atoms with E-state index in [0.717, 1.165) is 23.9 Å². The molecule has 1 saturated carbocycles. The van der Waals surface area contributed by atoms with Crippen molar-refractivity contribution in [1.29, 1.82) is 0 Å². The van der Waals surface area contributed by atoms with E-state index in [2.05, 4.69) is 40.2 Å². The highest BCUT2D eigenvalue weighted by molar-refractivity contribution is 9.10. The van der Waals surface area contributed by atoms with Gasteiger partial charge in [-0.25, -0.2) is 0 Å². The monoisotopic (exact) mass is 351 g/mol. The minimum absolute atomic E-state index is 0.163. The normalized spacial score (nSPS) is 26.7. The first-order valence-corrected chi connectivity index (χ1v) is 9.10. The lowest BCUT2D eigenvalue weighted by molar-refractivity contribution is -0.120. The van der Waals surface area contributed by atoms with Gasteiger partial charge in [0.15, 0.2) is 0 Å². The minimum atomic E-state index is 0.163. The number of halogens is 1. The molecule has 2 N–H and O–H groups in total. The second-order valence-electron chi connectivity index (χ2n) is 6.84. The van der Waals surface area contributed by atoms with E-state index in [1.807, 2.05) is 0 Å². The maximum absolute atomic E-state index is 6.55. The lowest BCUT2D eigenvalue weighted by atomic mass is 9.73. The van der Waals surface area contributed by atoms with Crippen molar-refractivity contribution in [2.45, 2.75) is 63.0 Å². The maximum Gasteiger partial charge on any atom is 0.0685 e. The molecule has 0 bridgehead atoms. The van der Waals surface area contributed by atoms with Crippen molar-refractivity contribution in [3.05, 3.63) is 34.3 Å². The van der Waals surface area contributed by atoms with Crippen LogP contribution in [0.3, 0.4) is 0 Å². The molecule has 21 heavy (non-hydrogen) atoms. The first-order valence-electron chi connectivity index (χ1n) is 8.31. The van der Waals surface area contributed by atoms with Crippen molar-refractivity contribution >= 4 is 15.9 Å². The lowest BCUT2D eigenvalue weighted by Crippen LogP contribution is -2.46. The molecule has 1 aliphatic carbocycles. The molecule has 1 aliphatic heterocycles. The molecule has 3 rings (SSSR count). The van der Waals surface area contributed by atoms with Gasteiger partial charge < -0.3 is 10.5 Å². The molecule has 1 saturated heterocycles. The van der Waals surface area contributed by atoms with Crippen LogP contribution in [0.2, 0.25) is 0 Å².